The molecular formula is C64H110O6. The first-order valence-electron chi connectivity index (χ1n) is 29.6. The van der Waals surface area contributed by atoms with E-state index in [1.165, 1.54) is 141 Å². The fourth-order valence-electron chi connectivity index (χ4n) is 8.18. The zero-order valence-corrected chi connectivity index (χ0v) is 46.0. The Morgan fingerprint density at radius 3 is 1.00 bits per heavy atom. The second-order valence-electron chi connectivity index (χ2n) is 19.5. The zero-order valence-electron chi connectivity index (χ0n) is 46.0. The number of carbonyl (C=O) groups excluding carboxylic acids is 3. The number of hydrogen-bond donors (Lipinski definition) is 0. The van der Waals surface area contributed by atoms with Gasteiger partial charge in [-0.05, 0) is 109 Å². The standard InChI is InChI=1S/C64H110O6/c1-4-7-10-13-16-19-22-25-28-31-32-34-36-39-42-45-48-51-54-57-63(66)69-60-61(59-68-62(65)56-53-50-47-44-41-38-35-30-27-24-21-18-15-12-9-6-3)70-64(67)58-55-52-49-46-43-40-37-33-29-26-23-20-17-14-11-8-5-2/h7,10,16-17,19-20,25-26,28-30,35,38,41,61H,4-6,8-9,11-15,18,21-24,27,31-34,36-37,39-40,42-60H2,1-3H3/b10-7-,19-16-,20-17-,28-25-,29-26-,35-30-,41-38-. The van der Waals surface area contributed by atoms with Crippen LogP contribution < -0.4 is 0 Å². The summed E-state index contributed by atoms with van der Waals surface area (Å²) in [6.45, 7) is 6.48. The molecular weight excluding hydrogens is 865 g/mol. The predicted octanol–water partition coefficient (Wildman–Crippen LogP) is 19.9. The van der Waals surface area contributed by atoms with E-state index in [0.717, 1.165) is 103 Å². The molecule has 0 spiro atoms. The summed E-state index contributed by atoms with van der Waals surface area (Å²) in [6, 6.07) is 0. The maximum Gasteiger partial charge on any atom is 0.306 e. The molecule has 0 amide bonds. The fraction of sp³-hybridized carbons (Fsp3) is 0.734. The van der Waals surface area contributed by atoms with Gasteiger partial charge in [-0.15, -0.1) is 0 Å². The third-order valence-electron chi connectivity index (χ3n) is 12.6. The van der Waals surface area contributed by atoms with Gasteiger partial charge >= 0.3 is 17.9 Å². The van der Waals surface area contributed by atoms with E-state index >= 15 is 0 Å². The largest absolute Gasteiger partial charge is 0.462 e. The van der Waals surface area contributed by atoms with Crippen molar-refractivity contribution in [3.05, 3.63) is 85.1 Å². The topological polar surface area (TPSA) is 78.9 Å². The highest BCUT2D eigenvalue weighted by Gasteiger charge is 2.19. The predicted molar refractivity (Wildman–Crippen MR) is 302 cm³/mol. The maximum atomic E-state index is 12.9. The molecule has 0 saturated heterocycles. The van der Waals surface area contributed by atoms with E-state index in [1.54, 1.807) is 0 Å². The summed E-state index contributed by atoms with van der Waals surface area (Å²) in [4.78, 5) is 38.2. The number of rotatable bonds is 53. The second-order valence-corrected chi connectivity index (χ2v) is 19.5. The number of esters is 3. The molecule has 402 valence electrons. The van der Waals surface area contributed by atoms with Crippen molar-refractivity contribution in [2.45, 2.75) is 290 Å². The summed E-state index contributed by atoms with van der Waals surface area (Å²) in [5.41, 5.74) is 0. The fourth-order valence-corrected chi connectivity index (χ4v) is 8.18. The summed E-state index contributed by atoms with van der Waals surface area (Å²) in [5, 5.41) is 0. The van der Waals surface area contributed by atoms with Crippen LogP contribution in [0.4, 0.5) is 0 Å². The van der Waals surface area contributed by atoms with Gasteiger partial charge in [0.05, 0.1) is 0 Å². The van der Waals surface area contributed by atoms with E-state index in [4.69, 9.17) is 14.2 Å². The average molecular weight is 976 g/mol. The minimum absolute atomic E-state index is 0.0909. The Balaban J connectivity index is 4.43. The Kier molecular flexibility index (Phi) is 55.3. The van der Waals surface area contributed by atoms with Gasteiger partial charge in [-0.3, -0.25) is 14.4 Å². The Morgan fingerprint density at radius 2 is 0.600 bits per heavy atom. The van der Waals surface area contributed by atoms with Crippen LogP contribution in [-0.4, -0.2) is 37.2 Å². The third kappa shape index (κ3) is 55.5. The molecule has 0 heterocycles. The number of carbonyl (C=O) groups is 3. The summed E-state index contributed by atoms with van der Waals surface area (Å²) < 4.78 is 16.9. The van der Waals surface area contributed by atoms with Gasteiger partial charge in [-0.25, -0.2) is 0 Å². The summed E-state index contributed by atoms with van der Waals surface area (Å²) >= 11 is 0. The van der Waals surface area contributed by atoms with Crippen LogP contribution in [-0.2, 0) is 28.6 Å². The maximum absolute atomic E-state index is 12.9. The van der Waals surface area contributed by atoms with Crippen molar-refractivity contribution >= 4 is 17.9 Å². The lowest BCUT2D eigenvalue weighted by Gasteiger charge is -2.18. The lowest BCUT2D eigenvalue weighted by molar-refractivity contribution is -0.167. The number of ether oxygens (including phenoxy) is 3. The van der Waals surface area contributed by atoms with Crippen molar-refractivity contribution in [1.29, 1.82) is 0 Å². The van der Waals surface area contributed by atoms with Gasteiger partial charge in [0, 0.05) is 19.3 Å². The molecule has 0 rings (SSSR count). The summed E-state index contributed by atoms with van der Waals surface area (Å²) in [5.74, 6) is -0.924. The van der Waals surface area contributed by atoms with Crippen LogP contribution in [0.1, 0.15) is 284 Å². The highest BCUT2D eigenvalue weighted by atomic mass is 16.6. The van der Waals surface area contributed by atoms with Gasteiger partial charge in [0.1, 0.15) is 13.2 Å². The van der Waals surface area contributed by atoms with Crippen molar-refractivity contribution < 1.29 is 28.6 Å². The van der Waals surface area contributed by atoms with Crippen LogP contribution in [0.2, 0.25) is 0 Å². The number of unbranched alkanes of at least 4 members (excludes halogenated alkanes) is 29. The number of allylic oxidation sites excluding steroid dienone is 14. The Bertz CT molecular complexity index is 1350. The molecule has 0 radical (unpaired) electrons. The summed E-state index contributed by atoms with van der Waals surface area (Å²) in [7, 11) is 0. The number of hydrogen-bond acceptors (Lipinski definition) is 6. The minimum Gasteiger partial charge on any atom is -0.462 e. The minimum atomic E-state index is -0.795. The molecule has 0 aliphatic heterocycles. The van der Waals surface area contributed by atoms with Crippen molar-refractivity contribution in [2.75, 3.05) is 13.2 Å². The lowest BCUT2D eigenvalue weighted by atomic mass is 10.1. The van der Waals surface area contributed by atoms with E-state index < -0.39 is 6.10 Å². The first-order valence-corrected chi connectivity index (χ1v) is 29.6. The average Bonchev–Trinajstić information content (AvgIpc) is 3.36. The Morgan fingerprint density at radius 1 is 0.314 bits per heavy atom. The Hall–Kier alpha value is -3.41. The molecule has 0 aromatic carbocycles. The van der Waals surface area contributed by atoms with Gasteiger partial charge < -0.3 is 14.2 Å². The molecule has 1 unspecified atom stereocenters. The molecule has 6 nitrogen and oxygen atoms in total. The monoisotopic (exact) mass is 975 g/mol. The molecule has 0 aliphatic rings. The highest BCUT2D eigenvalue weighted by molar-refractivity contribution is 5.71. The SMILES string of the molecule is CC/C=C\C/C=C\C/C=C\CCCCCCCCCCCC(=O)OCC(COC(=O)CCCCC/C=C\C=C/CCCCCCCCC)OC(=O)CCCCCCCCC/C=C\C/C=C\CCCCC. The van der Waals surface area contributed by atoms with Crippen LogP contribution in [0.15, 0.2) is 85.1 Å². The third-order valence-corrected chi connectivity index (χ3v) is 12.6. The smallest absolute Gasteiger partial charge is 0.306 e. The van der Waals surface area contributed by atoms with E-state index in [9.17, 15) is 14.4 Å². The quantitative estimate of drug-likeness (QED) is 0.0199. The normalized spacial score (nSPS) is 12.7. The molecule has 0 saturated carbocycles. The van der Waals surface area contributed by atoms with Gasteiger partial charge in [0.15, 0.2) is 6.10 Å². The van der Waals surface area contributed by atoms with E-state index in [2.05, 4.69) is 106 Å². The van der Waals surface area contributed by atoms with Gasteiger partial charge in [0.25, 0.3) is 0 Å². The van der Waals surface area contributed by atoms with E-state index in [1.807, 2.05) is 0 Å². The molecule has 70 heavy (non-hydrogen) atoms. The molecule has 0 aromatic rings. The van der Waals surface area contributed by atoms with Crippen molar-refractivity contribution in [1.82, 2.24) is 0 Å². The van der Waals surface area contributed by atoms with Crippen LogP contribution >= 0.6 is 0 Å². The second kappa shape index (κ2) is 58.2. The van der Waals surface area contributed by atoms with Crippen LogP contribution in [0.5, 0.6) is 0 Å². The zero-order chi connectivity index (χ0) is 50.7. The first-order chi connectivity index (χ1) is 34.5. The highest BCUT2D eigenvalue weighted by Crippen LogP contribution is 2.15. The van der Waals surface area contributed by atoms with Crippen LogP contribution in [0.3, 0.4) is 0 Å². The molecule has 0 aromatic heterocycles. The molecule has 1 atom stereocenters. The van der Waals surface area contributed by atoms with Crippen molar-refractivity contribution in [3.63, 3.8) is 0 Å². The van der Waals surface area contributed by atoms with Gasteiger partial charge in [-0.1, -0.05) is 241 Å². The van der Waals surface area contributed by atoms with E-state index in [0.29, 0.717) is 19.3 Å². The van der Waals surface area contributed by atoms with Gasteiger partial charge in [-0.2, -0.15) is 0 Å². The molecule has 6 heteroatoms. The molecule has 0 bridgehead atoms. The van der Waals surface area contributed by atoms with Gasteiger partial charge in [0.2, 0.25) is 0 Å². The summed E-state index contributed by atoms with van der Waals surface area (Å²) in [6.07, 6.45) is 75.7. The Labute approximate surface area is 433 Å². The first kappa shape index (κ1) is 66.6. The molecule has 0 aliphatic carbocycles. The van der Waals surface area contributed by atoms with Crippen LogP contribution in [0, 0.1) is 0 Å². The van der Waals surface area contributed by atoms with E-state index in [-0.39, 0.29) is 31.1 Å². The lowest BCUT2D eigenvalue weighted by Crippen LogP contribution is -2.30. The van der Waals surface area contributed by atoms with Crippen molar-refractivity contribution in [3.8, 4) is 0 Å². The van der Waals surface area contributed by atoms with Crippen molar-refractivity contribution in [2.24, 2.45) is 0 Å². The molecule has 0 N–H and O–H groups in total. The molecule has 0 fully saturated rings. The van der Waals surface area contributed by atoms with Crippen LogP contribution in [0.25, 0.3) is 0 Å².